The molecule has 2 aromatic rings. The highest BCUT2D eigenvalue weighted by molar-refractivity contribution is 6.95. The van der Waals surface area contributed by atoms with Crippen LogP contribution in [0, 0.1) is 5.92 Å². The molecule has 3 atom stereocenters. The zero-order valence-corrected chi connectivity index (χ0v) is 31.2. The van der Waals surface area contributed by atoms with Crippen molar-refractivity contribution >= 4 is 37.1 Å². The molecule has 0 spiro atoms. The highest BCUT2D eigenvalue weighted by Crippen LogP contribution is 2.41. The lowest BCUT2D eigenvalue weighted by Gasteiger charge is -2.44. The molecule has 11 heteroatoms. The maximum Gasteiger partial charge on any atom is 0.408 e. The quantitative estimate of drug-likeness (QED) is 0.185. The standard InChI is InChI=1S/C37H56N4O6Si/c1-24(2)33(39-37(45)47-23-28-15-11-10-12-16-28)34(42)38-32(35(43)41-20-14-19-31(40-41)36(44)46-9)22-29-17-13-18-30(21-29)48(25(3)4,26(5)6)27(7)8/h10-13,15-18,21,24-27,31-33,40H,14,19-20,22-23H2,1-9H3,(H,38,42)(H,39,45). The van der Waals surface area contributed by atoms with Crippen LogP contribution >= 0.6 is 0 Å². The van der Waals surface area contributed by atoms with Crippen LogP contribution in [0.25, 0.3) is 0 Å². The average molecular weight is 681 g/mol. The molecule has 264 valence electrons. The number of hydrogen-bond acceptors (Lipinski definition) is 7. The van der Waals surface area contributed by atoms with Crippen LogP contribution in [0.5, 0.6) is 0 Å². The summed E-state index contributed by atoms with van der Waals surface area (Å²) >= 11 is 0. The predicted molar refractivity (Wildman–Crippen MR) is 191 cm³/mol. The van der Waals surface area contributed by atoms with Gasteiger partial charge in [0, 0.05) is 13.0 Å². The van der Waals surface area contributed by atoms with Gasteiger partial charge in [-0.25, -0.2) is 10.2 Å². The van der Waals surface area contributed by atoms with Gasteiger partial charge < -0.3 is 20.1 Å². The highest BCUT2D eigenvalue weighted by atomic mass is 28.3. The molecule has 1 aliphatic heterocycles. The van der Waals surface area contributed by atoms with E-state index in [-0.39, 0.29) is 24.9 Å². The van der Waals surface area contributed by atoms with E-state index in [4.69, 9.17) is 9.47 Å². The van der Waals surface area contributed by atoms with Crippen LogP contribution in [0.15, 0.2) is 54.6 Å². The van der Waals surface area contributed by atoms with Crippen molar-refractivity contribution in [3.8, 4) is 0 Å². The van der Waals surface area contributed by atoms with Gasteiger partial charge in [0.15, 0.2) is 0 Å². The SMILES string of the molecule is COC(=O)C1CCCN(C(=O)C(Cc2cccc([Si](C(C)C)(C(C)C)C(C)C)c2)NC(=O)C(NC(=O)OCc2ccccc2)C(C)C)N1. The first-order chi connectivity index (χ1) is 22.7. The Bertz CT molecular complexity index is 1360. The number of carbonyl (C=O) groups is 4. The third-order valence-corrected chi connectivity index (χ3v) is 16.8. The number of nitrogens with zero attached hydrogens (tertiary/aromatic N) is 1. The van der Waals surface area contributed by atoms with Gasteiger partial charge in [-0.3, -0.25) is 19.4 Å². The Balaban J connectivity index is 1.91. The van der Waals surface area contributed by atoms with Crippen molar-refractivity contribution in [1.82, 2.24) is 21.1 Å². The fraction of sp³-hybridized carbons (Fsp3) is 0.568. The number of nitrogens with one attached hydrogen (secondary N) is 3. The molecule has 2 aromatic carbocycles. The summed E-state index contributed by atoms with van der Waals surface area (Å²) in [4.78, 5) is 53.1. The summed E-state index contributed by atoms with van der Waals surface area (Å²) in [6.45, 7) is 18.0. The maximum absolute atomic E-state index is 14.2. The van der Waals surface area contributed by atoms with E-state index in [1.807, 2.05) is 50.2 Å². The number of methoxy groups -OCH3 is 1. The zero-order valence-electron chi connectivity index (χ0n) is 30.2. The molecule has 3 N–H and O–H groups in total. The summed E-state index contributed by atoms with van der Waals surface area (Å²) in [5, 5.41) is 8.42. The first-order valence-electron chi connectivity index (χ1n) is 17.2. The summed E-state index contributed by atoms with van der Waals surface area (Å²) in [6, 6.07) is 15.2. The zero-order chi connectivity index (χ0) is 35.6. The van der Waals surface area contributed by atoms with Crippen LogP contribution in [0.1, 0.15) is 79.4 Å². The third kappa shape index (κ3) is 9.47. The second-order valence-electron chi connectivity index (χ2n) is 14.1. The van der Waals surface area contributed by atoms with Crippen molar-refractivity contribution in [2.45, 2.75) is 116 Å². The van der Waals surface area contributed by atoms with Gasteiger partial charge in [-0.15, -0.1) is 0 Å². The lowest BCUT2D eigenvalue weighted by molar-refractivity contribution is -0.151. The molecule has 1 aliphatic rings. The number of esters is 1. The topological polar surface area (TPSA) is 126 Å². The van der Waals surface area contributed by atoms with E-state index in [1.54, 1.807) is 0 Å². The van der Waals surface area contributed by atoms with Gasteiger partial charge in [0.25, 0.3) is 5.91 Å². The summed E-state index contributed by atoms with van der Waals surface area (Å²) in [5.41, 5.74) is 6.26. The number of hydrogen-bond donors (Lipinski definition) is 3. The third-order valence-electron chi connectivity index (χ3n) is 9.72. The van der Waals surface area contributed by atoms with Crippen LogP contribution in [-0.4, -0.2) is 68.7 Å². The monoisotopic (exact) mass is 680 g/mol. The molecule has 1 heterocycles. The molecule has 0 aliphatic carbocycles. The van der Waals surface area contributed by atoms with Gasteiger partial charge in [0.05, 0.1) is 15.2 Å². The molecule has 0 saturated carbocycles. The highest BCUT2D eigenvalue weighted by Gasteiger charge is 2.44. The summed E-state index contributed by atoms with van der Waals surface area (Å²) in [7, 11) is -0.676. The van der Waals surface area contributed by atoms with Crippen LogP contribution in [0.3, 0.4) is 0 Å². The van der Waals surface area contributed by atoms with Crippen LogP contribution < -0.4 is 21.2 Å². The molecule has 3 rings (SSSR count). The van der Waals surface area contributed by atoms with E-state index in [1.165, 1.54) is 17.3 Å². The van der Waals surface area contributed by atoms with Crippen LogP contribution in [-0.2, 0) is 36.9 Å². The molecule has 0 bridgehead atoms. The smallest absolute Gasteiger partial charge is 0.408 e. The number of amides is 3. The molecule has 3 unspecified atom stereocenters. The normalized spacial score (nSPS) is 16.5. The number of alkyl carbamates (subject to hydrolysis) is 1. The molecule has 0 aromatic heterocycles. The molecule has 10 nitrogen and oxygen atoms in total. The Morgan fingerprint density at radius 2 is 1.50 bits per heavy atom. The molecule has 3 amide bonds. The van der Waals surface area contributed by atoms with Crippen molar-refractivity contribution in [3.63, 3.8) is 0 Å². The van der Waals surface area contributed by atoms with Gasteiger partial charge in [-0.05, 0) is 46.5 Å². The van der Waals surface area contributed by atoms with Crippen molar-refractivity contribution < 1.29 is 28.7 Å². The van der Waals surface area contributed by atoms with Gasteiger partial charge in [0.2, 0.25) is 5.91 Å². The average Bonchev–Trinajstić information content (AvgIpc) is 3.05. The fourth-order valence-electron chi connectivity index (χ4n) is 7.54. The Labute approximate surface area is 287 Å². The Kier molecular flexibility index (Phi) is 14.2. The van der Waals surface area contributed by atoms with Gasteiger partial charge in [0.1, 0.15) is 24.7 Å². The van der Waals surface area contributed by atoms with Crippen molar-refractivity contribution in [3.05, 3.63) is 65.7 Å². The fourth-order valence-corrected chi connectivity index (χ4v) is 14.4. The van der Waals surface area contributed by atoms with Crippen LogP contribution in [0.2, 0.25) is 16.6 Å². The summed E-state index contributed by atoms with van der Waals surface area (Å²) < 4.78 is 10.3. The van der Waals surface area contributed by atoms with Crippen molar-refractivity contribution in [1.29, 1.82) is 0 Å². The Morgan fingerprint density at radius 1 is 0.875 bits per heavy atom. The first-order valence-corrected chi connectivity index (χ1v) is 19.5. The number of benzene rings is 2. The minimum atomic E-state index is -2.00. The lowest BCUT2D eigenvalue weighted by atomic mass is 10.0. The van der Waals surface area contributed by atoms with E-state index in [0.717, 1.165) is 11.1 Å². The first kappa shape index (κ1) is 38.7. The van der Waals surface area contributed by atoms with E-state index in [2.05, 4.69) is 75.8 Å². The van der Waals surface area contributed by atoms with Gasteiger partial charge in [-0.2, -0.15) is 0 Å². The predicted octanol–water partition coefficient (Wildman–Crippen LogP) is 5.22. The molecule has 1 saturated heterocycles. The minimum Gasteiger partial charge on any atom is -0.468 e. The van der Waals surface area contributed by atoms with Crippen LogP contribution in [0.4, 0.5) is 4.79 Å². The van der Waals surface area contributed by atoms with E-state index >= 15 is 0 Å². The van der Waals surface area contributed by atoms with E-state index in [9.17, 15) is 19.2 Å². The minimum absolute atomic E-state index is 0.0620. The summed E-state index contributed by atoms with van der Waals surface area (Å²) in [6.07, 6.45) is 0.649. The van der Waals surface area contributed by atoms with Crippen molar-refractivity contribution in [2.24, 2.45) is 5.92 Å². The second kappa shape index (κ2) is 17.6. The molecule has 1 fully saturated rings. The summed E-state index contributed by atoms with van der Waals surface area (Å²) in [5.74, 6) is -1.60. The molecular formula is C37H56N4O6Si. The van der Waals surface area contributed by atoms with E-state index in [0.29, 0.717) is 36.0 Å². The number of hydrazine groups is 1. The van der Waals surface area contributed by atoms with Crippen molar-refractivity contribution in [2.75, 3.05) is 13.7 Å². The second-order valence-corrected chi connectivity index (χ2v) is 20.0. The molecular weight excluding hydrogens is 625 g/mol. The number of ether oxygens (including phenoxy) is 2. The lowest BCUT2D eigenvalue weighted by Crippen LogP contribution is -2.62. The van der Waals surface area contributed by atoms with E-state index < -0.39 is 44.2 Å². The number of carbonyl (C=O) groups excluding carboxylic acids is 4. The number of rotatable bonds is 14. The largest absolute Gasteiger partial charge is 0.468 e. The van der Waals surface area contributed by atoms with Gasteiger partial charge >= 0.3 is 12.1 Å². The molecule has 48 heavy (non-hydrogen) atoms. The maximum atomic E-state index is 14.2. The Morgan fingerprint density at radius 3 is 2.08 bits per heavy atom. The Hall–Kier alpha value is -3.70. The molecule has 0 radical (unpaired) electrons. The van der Waals surface area contributed by atoms with Gasteiger partial charge in [-0.1, -0.05) is 115 Å².